The molecule has 0 aromatic heterocycles. The highest BCUT2D eigenvalue weighted by molar-refractivity contribution is 6.46. The number of ether oxygens (including phenoxy) is 3. The van der Waals surface area contributed by atoms with Gasteiger partial charge in [-0.3, -0.25) is 9.59 Å². The van der Waals surface area contributed by atoms with Crippen LogP contribution >= 0.6 is 0 Å². The van der Waals surface area contributed by atoms with Crippen LogP contribution in [0.3, 0.4) is 0 Å². The van der Waals surface area contributed by atoms with Crippen molar-refractivity contribution in [3.8, 4) is 17.2 Å². The number of carbonyl (C=O) groups excluding carboxylic acids is 2. The van der Waals surface area contributed by atoms with Gasteiger partial charge in [0, 0.05) is 25.8 Å². The highest BCUT2D eigenvalue weighted by atomic mass is 16.5. The molecule has 0 radical (unpaired) electrons. The van der Waals surface area contributed by atoms with Crippen LogP contribution in [-0.4, -0.2) is 42.0 Å². The van der Waals surface area contributed by atoms with Crippen molar-refractivity contribution in [2.24, 2.45) is 0 Å². The molecule has 1 fully saturated rings. The number of methoxy groups -OCH3 is 1. The fourth-order valence-electron chi connectivity index (χ4n) is 5.04. The molecular weight excluding hydrogens is 530 g/mol. The molecule has 1 unspecified atom stereocenters. The molecule has 7 nitrogen and oxygen atoms in total. The van der Waals surface area contributed by atoms with Crippen LogP contribution in [0, 0.1) is 6.92 Å². The summed E-state index contributed by atoms with van der Waals surface area (Å²) in [4.78, 5) is 28.1. The van der Waals surface area contributed by atoms with Crippen LogP contribution in [0.15, 0.2) is 109 Å². The number of aryl methyl sites for hydroxylation is 1. The van der Waals surface area contributed by atoms with E-state index in [4.69, 9.17) is 14.2 Å². The van der Waals surface area contributed by atoms with E-state index >= 15 is 0 Å². The zero-order chi connectivity index (χ0) is 29.5. The first kappa shape index (κ1) is 28.6. The molecular formula is C35H33NO6. The Morgan fingerprint density at radius 2 is 1.57 bits per heavy atom. The van der Waals surface area contributed by atoms with Crippen molar-refractivity contribution in [2.75, 3.05) is 20.3 Å². The van der Waals surface area contributed by atoms with Crippen molar-refractivity contribution in [3.05, 3.63) is 131 Å². The van der Waals surface area contributed by atoms with Gasteiger partial charge in [-0.1, -0.05) is 60.2 Å². The summed E-state index contributed by atoms with van der Waals surface area (Å²) in [5.41, 5.74) is 3.30. The first-order valence-electron chi connectivity index (χ1n) is 13.8. The lowest BCUT2D eigenvalue weighted by molar-refractivity contribution is -0.140. The van der Waals surface area contributed by atoms with Crippen LogP contribution in [-0.2, 0) is 20.9 Å². The Morgan fingerprint density at radius 1 is 0.833 bits per heavy atom. The summed E-state index contributed by atoms with van der Waals surface area (Å²) in [6.45, 7) is 3.15. The van der Waals surface area contributed by atoms with Crippen molar-refractivity contribution in [2.45, 2.75) is 26.0 Å². The van der Waals surface area contributed by atoms with E-state index in [9.17, 15) is 14.7 Å². The molecule has 1 aliphatic rings. The largest absolute Gasteiger partial charge is 0.507 e. The summed E-state index contributed by atoms with van der Waals surface area (Å²) >= 11 is 0. The molecule has 1 heterocycles. The molecule has 0 spiro atoms. The molecule has 4 aromatic rings. The van der Waals surface area contributed by atoms with E-state index in [1.54, 1.807) is 37.4 Å². The monoisotopic (exact) mass is 563 g/mol. The Morgan fingerprint density at radius 3 is 2.31 bits per heavy atom. The highest BCUT2D eigenvalue weighted by Crippen LogP contribution is 2.41. The van der Waals surface area contributed by atoms with Gasteiger partial charge >= 0.3 is 0 Å². The lowest BCUT2D eigenvalue weighted by Gasteiger charge is -2.25. The minimum atomic E-state index is -0.793. The summed E-state index contributed by atoms with van der Waals surface area (Å²) in [6, 6.07) is 30.7. The topological polar surface area (TPSA) is 85.3 Å². The standard InChI is InChI=1S/C35H33NO6/c1-24-9-6-10-25(21-24)23-41-28-17-15-26(16-18-28)33(37)31-32(36(19-8-20-40-2)35(39)34(31)38)27-11-7-14-30(22-27)42-29-12-4-3-5-13-29/h3-7,9-18,21-22,32,37H,8,19-20,23H2,1-2H3/b33-31-. The first-order chi connectivity index (χ1) is 20.4. The average molecular weight is 564 g/mol. The number of carbonyl (C=O) groups is 2. The van der Waals surface area contributed by atoms with Crippen molar-refractivity contribution in [1.82, 2.24) is 4.90 Å². The number of aliphatic hydroxyl groups excluding tert-OH is 1. The zero-order valence-corrected chi connectivity index (χ0v) is 23.7. The number of amides is 1. The van der Waals surface area contributed by atoms with Gasteiger partial charge in [-0.2, -0.15) is 0 Å². The zero-order valence-electron chi connectivity index (χ0n) is 23.7. The summed E-state index contributed by atoms with van der Waals surface area (Å²) in [6.07, 6.45) is 0.535. The number of ketones is 1. The maximum absolute atomic E-state index is 13.4. The number of aliphatic hydroxyl groups is 1. The number of likely N-dealkylation sites (tertiary alicyclic amines) is 1. The molecule has 42 heavy (non-hydrogen) atoms. The third-order valence-electron chi connectivity index (χ3n) is 7.06. The Bertz CT molecular complexity index is 1580. The second-order valence-corrected chi connectivity index (χ2v) is 10.1. The highest BCUT2D eigenvalue weighted by Gasteiger charge is 2.45. The van der Waals surface area contributed by atoms with E-state index in [1.165, 1.54) is 4.90 Å². The van der Waals surface area contributed by atoms with Gasteiger partial charge in [0.15, 0.2) is 0 Å². The van der Waals surface area contributed by atoms with Gasteiger partial charge in [-0.15, -0.1) is 0 Å². The number of nitrogens with zero attached hydrogens (tertiary/aromatic N) is 1. The van der Waals surface area contributed by atoms with Crippen LogP contribution in [0.5, 0.6) is 17.2 Å². The molecule has 0 bridgehead atoms. The summed E-state index contributed by atoms with van der Waals surface area (Å²) < 4.78 is 17.1. The van der Waals surface area contributed by atoms with Gasteiger partial charge < -0.3 is 24.2 Å². The fraction of sp³-hybridized carbons (Fsp3) is 0.200. The van der Waals surface area contributed by atoms with Gasteiger partial charge in [0.1, 0.15) is 29.6 Å². The van der Waals surface area contributed by atoms with Crippen LogP contribution < -0.4 is 9.47 Å². The molecule has 214 valence electrons. The van der Waals surface area contributed by atoms with Crippen molar-refractivity contribution in [3.63, 3.8) is 0 Å². The Kier molecular flexibility index (Phi) is 8.99. The SMILES string of the molecule is COCCCN1C(=O)C(=O)/C(=C(\O)c2ccc(OCc3cccc(C)c3)cc2)C1c1cccc(Oc2ccccc2)c1. The first-order valence-corrected chi connectivity index (χ1v) is 13.8. The maximum Gasteiger partial charge on any atom is 0.295 e. The minimum Gasteiger partial charge on any atom is -0.507 e. The fourth-order valence-corrected chi connectivity index (χ4v) is 5.04. The van der Waals surface area contributed by atoms with Gasteiger partial charge in [0.25, 0.3) is 11.7 Å². The van der Waals surface area contributed by atoms with E-state index in [0.29, 0.717) is 48.0 Å². The lowest BCUT2D eigenvalue weighted by atomic mass is 9.95. The van der Waals surface area contributed by atoms with Crippen molar-refractivity contribution >= 4 is 17.4 Å². The van der Waals surface area contributed by atoms with E-state index in [0.717, 1.165) is 11.1 Å². The quantitative estimate of drug-likeness (QED) is 0.0933. The van der Waals surface area contributed by atoms with Gasteiger partial charge in [-0.05, 0) is 73.0 Å². The van der Waals surface area contributed by atoms with Crippen LogP contribution in [0.2, 0.25) is 0 Å². The molecule has 5 rings (SSSR count). The number of hydrogen-bond acceptors (Lipinski definition) is 6. The molecule has 1 atom stereocenters. The number of para-hydroxylation sites is 1. The number of benzene rings is 4. The molecule has 7 heteroatoms. The number of rotatable bonds is 11. The van der Waals surface area contributed by atoms with Gasteiger partial charge in [0.2, 0.25) is 0 Å². The minimum absolute atomic E-state index is 0.0303. The summed E-state index contributed by atoms with van der Waals surface area (Å²) in [5.74, 6) is 0.196. The van der Waals surface area contributed by atoms with Crippen molar-refractivity contribution in [1.29, 1.82) is 0 Å². The predicted molar refractivity (Wildman–Crippen MR) is 160 cm³/mol. The predicted octanol–water partition coefficient (Wildman–Crippen LogP) is 6.82. The van der Waals surface area contributed by atoms with E-state index in [1.807, 2.05) is 73.7 Å². The third kappa shape index (κ3) is 6.53. The summed E-state index contributed by atoms with van der Waals surface area (Å²) in [5, 5.41) is 11.4. The molecule has 1 saturated heterocycles. The van der Waals surface area contributed by atoms with Crippen LogP contribution in [0.1, 0.15) is 34.7 Å². The molecule has 0 saturated carbocycles. The molecule has 4 aromatic carbocycles. The molecule has 1 amide bonds. The smallest absolute Gasteiger partial charge is 0.295 e. The Balaban J connectivity index is 1.45. The normalized spacial score (nSPS) is 16.0. The average Bonchev–Trinajstić information content (AvgIpc) is 3.26. The molecule has 1 N–H and O–H groups in total. The van der Waals surface area contributed by atoms with Gasteiger partial charge in [0.05, 0.1) is 11.6 Å². The van der Waals surface area contributed by atoms with Crippen LogP contribution in [0.25, 0.3) is 5.76 Å². The second kappa shape index (κ2) is 13.2. The van der Waals surface area contributed by atoms with Crippen molar-refractivity contribution < 1.29 is 28.9 Å². The van der Waals surface area contributed by atoms with E-state index < -0.39 is 17.7 Å². The van der Waals surface area contributed by atoms with Gasteiger partial charge in [-0.25, -0.2) is 0 Å². The number of Topliss-reactive ketones (excluding diaryl/α,β-unsaturated/α-hetero) is 1. The Hall–Kier alpha value is -4.88. The second-order valence-electron chi connectivity index (χ2n) is 10.1. The Labute approximate surface area is 245 Å². The van der Waals surface area contributed by atoms with E-state index in [-0.39, 0.29) is 17.9 Å². The third-order valence-corrected chi connectivity index (χ3v) is 7.06. The number of hydrogen-bond donors (Lipinski definition) is 1. The van der Waals surface area contributed by atoms with Crippen LogP contribution in [0.4, 0.5) is 0 Å². The van der Waals surface area contributed by atoms with E-state index in [2.05, 4.69) is 6.07 Å². The molecule has 1 aliphatic heterocycles. The summed E-state index contributed by atoms with van der Waals surface area (Å²) in [7, 11) is 1.59. The maximum atomic E-state index is 13.4. The lowest BCUT2D eigenvalue weighted by Crippen LogP contribution is -2.31. The molecule has 0 aliphatic carbocycles.